The second-order valence-electron chi connectivity index (χ2n) is 5.27. The lowest BCUT2D eigenvalue weighted by Gasteiger charge is -2.26. The summed E-state index contributed by atoms with van der Waals surface area (Å²) in [4.78, 5) is 0.159. The lowest BCUT2D eigenvalue weighted by molar-refractivity contribution is 0.300. The highest BCUT2D eigenvalue weighted by molar-refractivity contribution is 9.10. The van der Waals surface area contributed by atoms with Crippen LogP contribution in [0.25, 0.3) is 0 Å². The second-order valence-corrected chi connectivity index (χ2v) is 8.27. The molecule has 0 aliphatic heterocycles. The van der Waals surface area contributed by atoms with Gasteiger partial charge >= 0.3 is 0 Å². The highest BCUT2D eigenvalue weighted by atomic mass is 79.9. The van der Waals surface area contributed by atoms with E-state index in [0.29, 0.717) is 18.2 Å². The van der Waals surface area contributed by atoms with Crippen LogP contribution in [0.4, 0.5) is 0 Å². The van der Waals surface area contributed by atoms with Crippen molar-refractivity contribution < 1.29 is 12.8 Å². The molecule has 7 heteroatoms. The van der Waals surface area contributed by atoms with Gasteiger partial charge < -0.3 is 4.42 Å². The first-order chi connectivity index (χ1) is 9.45. The van der Waals surface area contributed by atoms with E-state index >= 15 is 0 Å². The van der Waals surface area contributed by atoms with E-state index in [9.17, 15) is 8.42 Å². The fraction of sp³-hybridized carbons (Fsp3) is 0.692. The molecule has 114 valence electrons. The van der Waals surface area contributed by atoms with E-state index in [-0.39, 0.29) is 15.4 Å². The smallest absolute Gasteiger partial charge is 0.247 e. The van der Waals surface area contributed by atoms with Gasteiger partial charge in [0.25, 0.3) is 0 Å². The van der Waals surface area contributed by atoms with Crippen molar-refractivity contribution in [3.05, 3.63) is 16.5 Å². The van der Waals surface area contributed by atoms with Gasteiger partial charge in [-0.15, -0.1) is 11.6 Å². The molecule has 20 heavy (non-hydrogen) atoms. The molecule has 1 heterocycles. The monoisotopic (exact) mass is 383 g/mol. The fourth-order valence-electron chi connectivity index (χ4n) is 2.64. The maximum Gasteiger partial charge on any atom is 0.247 e. The summed E-state index contributed by atoms with van der Waals surface area (Å²) >= 11 is 8.83. The topological polar surface area (TPSA) is 50.5 Å². The third kappa shape index (κ3) is 3.59. The first-order valence-electron chi connectivity index (χ1n) is 6.75. The molecular weight excluding hydrogens is 366 g/mol. The van der Waals surface area contributed by atoms with Crippen LogP contribution in [0.15, 0.2) is 20.0 Å². The van der Waals surface area contributed by atoms with E-state index in [1.807, 2.05) is 0 Å². The van der Waals surface area contributed by atoms with E-state index in [1.54, 1.807) is 7.05 Å². The summed E-state index contributed by atoms with van der Waals surface area (Å²) in [5, 5.41) is 0. The SMILES string of the molecule is CN(CC1CCCCC1)S(=O)(=O)c1cc(CCl)oc1Br. The molecule has 2 rings (SSSR count). The van der Waals surface area contributed by atoms with Crippen molar-refractivity contribution in [2.45, 2.75) is 42.9 Å². The van der Waals surface area contributed by atoms with Crippen molar-refractivity contribution in [2.24, 2.45) is 5.92 Å². The molecule has 1 aromatic heterocycles. The Labute approximate surface area is 133 Å². The van der Waals surface area contributed by atoms with Crippen molar-refractivity contribution in [1.29, 1.82) is 0 Å². The Morgan fingerprint density at radius 2 is 2.05 bits per heavy atom. The average Bonchev–Trinajstić information content (AvgIpc) is 2.82. The van der Waals surface area contributed by atoms with Crippen LogP contribution in [-0.4, -0.2) is 26.3 Å². The Morgan fingerprint density at radius 3 is 2.60 bits per heavy atom. The van der Waals surface area contributed by atoms with E-state index in [2.05, 4.69) is 15.9 Å². The molecule has 0 bridgehead atoms. The van der Waals surface area contributed by atoms with Crippen LogP contribution in [0.3, 0.4) is 0 Å². The maximum atomic E-state index is 12.5. The van der Waals surface area contributed by atoms with Gasteiger partial charge in [0, 0.05) is 19.7 Å². The molecule has 0 radical (unpaired) electrons. The number of furan rings is 1. The summed E-state index contributed by atoms with van der Waals surface area (Å²) in [7, 11) is -1.90. The predicted octanol–water partition coefficient (Wildman–Crippen LogP) is 3.98. The zero-order chi connectivity index (χ0) is 14.8. The van der Waals surface area contributed by atoms with Gasteiger partial charge in [-0.25, -0.2) is 12.7 Å². The Balaban J connectivity index is 2.13. The Morgan fingerprint density at radius 1 is 1.40 bits per heavy atom. The van der Waals surface area contributed by atoms with Crippen LogP contribution >= 0.6 is 27.5 Å². The molecule has 1 fully saturated rings. The summed E-state index contributed by atoms with van der Waals surface area (Å²) in [5.41, 5.74) is 0. The van der Waals surface area contributed by atoms with Gasteiger partial charge in [-0.05, 0) is 34.7 Å². The second kappa shape index (κ2) is 6.81. The normalized spacial score (nSPS) is 17.8. The van der Waals surface area contributed by atoms with Crippen molar-refractivity contribution in [3.8, 4) is 0 Å². The van der Waals surface area contributed by atoms with Gasteiger partial charge in [0.1, 0.15) is 10.7 Å². The highest BCUT2D eigenvalue weighted by Crippen LogP contribution is 2.31. The van der Waals surface area contributed by atoms with E-state index in [0.717, 1.165) is 12.8 Å². The van der Waals surface area contributed by atoms with E-state index in [4.69, 9.17) is 16.0 Å². The Hall–Kier alpha value is -0.0400. The number of rotatable bonds is 5. The van der Waals surface area contributed by atoms with E-state index in [1.165, 1.54) is 29.6 Å². The Kier molecular flexibility index (Phi) is 5.56. The standard InChI is InChI=1S/C13H19BrClNO3S/c1-16(9-10-5-3-2-4-6-10)20(17,18)12-7-11(8-15)19-13(12)14/h7,10H,2-6,8-9H2,1H3. The van der Waals surface area contributed by atoms with Gasteiger partial charge in [-0.1, -0.05) is 19.3 Å². The number of hydrogen-bond donors (Lipinski definition) is 0. The molecule has 1 aliphatic rings. The zero-order valence-corrected chi connectivity index (χ0v) is 14.6. The van der Waals surface area contributed by atoms with Crippen molar-refractivity contribution in [2.75, 3.05) is 13.6 Å². The minimum absolute atomic E-state index is 0.153. The first kappa shape index (κ1) is 16.3. The predicted molar refractivity (Wildman–Crippen MR) is 82.4 cm³/mol. The molecule has 0 atom stereocenters. The largest absolute Gasteiger partial charge is 0.452 e. The van der Waals surface area contributed by atoms with Crippen molar-refractivity contribution in [3.63, 3.8) is 0 Å². The van der Waals surface area contributed by atoms with Gasteiger partial charge in [-0.2, -0.15) is 0 Å². The van der Waals surface area contributed by atoms with Gasteiger partial charge in [-0.3, -0.25) is 0 Å². The van der Waals surface area contributed by atoms with Crippen LogP contribution in [0.1, 0.15) is 37.9 Å². The van der Waals surface area contributed by atoms with Crippen LogP contribution in [0, 0.1) is 5.92 Å². The summed E-state index contributed by atoms with van der Waals surface area (Å²) in [6.07, 6.45) is 5.88. The average molecular weight is 385 g/mol. The lowest BCUT2D eigenvalue weighted by Crippen LogP contribution is -2.32. The zero-order valence-electron chi connectivity index (χ0n) is 11.4. The molecular formula is C13H19BrClNO3S. The molecule has 1 aliphatic carbocycles. The molecule has 0 saturated heterocycles. The maximum absolute atomic E-state index is 12.5. The van der Waals surface area contributed by atoms with Crippen LogP contribution < -0.4 is 0 Å². The van der Waals surface area contributed by atoms with Crippen molar-refractivity contribution in [1.82, 2.24) is 4.31 Å². The number of halogens is 2. The number of sulfonamides is 1. The van der Waals surface area contributed by atoms with Gasteiger partial charge in [0.05, 0.1) is 5.88 Å². The molecule has 0 unspecified atom stereocenters. The highest BCUT2D eigenvalue weighted by Gasteiger charge is 2.29. The molecule has 0 aromatic carbocycles. The molecule has 1 saturated carbocycles. The van der Waals surface area contributed by atoms with Crippen molar-refractivity contribution >= 4 is 37.6 Å². The molecule has 0 amide bonds. The minimum atomic E-state index is -3.52. The molecule has 0 N–H and O–H groups in total. The van der Waals surface area contributed by atoms with Gasteiger partial charge in [0.15, 0.2) is 4.67 Å². The van der Waals surface area contributed by atoms with Crippen LogP contribution in [0.5, 0.6) is 0 Å². The van der Waals surface area contributed by atoms with Gasteiger partial charge in [0.2, 0.25) is 10.0 Å². The summed E-state index contributed by atoms with van der Waals surface area (Å²) in [5.74, 6) is 1.06. The fourth-order valence-corrected chi connectivity index (χ4v) is 4.97. The summed E-state index contributed by atoms with van der Waals surface area (Å²) in [6, 6.07) is 1.49. The van der Waals surface area contributed by atoms with Crippen LogP contribution in [0.2, 0.25) is 0 Å². The molecule has 4 nitrogen and oxygen atoms in total. The lowest BCUT2D eigenvalue weighted by atomic mass is 9.89. The molecule has 0 spiro atoms. The third-order valence-corrected chi connectivity index (χ3v) is 6.71. The minimum Gasteiger partial charge on any atom is -0.452 e. The van der Waals surface area contributed by atoms with E-state index < -0.39 is 10.0 Å². The number of alkyl halides is 1. The summed E-state index contributed by atoms with van der Waals surface area (Å²) in [6.45, 7) is 0.566. The summed E-state index contributed by atoms with van der Waals surface area (Å²) < 4.78 is 32.0. The Bertz CT molecular complexity index is 552. The first-order valence-corrected chi connectivity index (χ1v) is 9.52. The number of hydrogen-bond acceptors (Lipinski definition) is 3. The number of nitrogens with zero attached hydrogens (tertiary/aromatic N) is 1. The van der Waals surface area contributed by atoms with Crippen LogP contribution in [-0.2, 0) is 15.9 Å². The third-order valence-electron chi connectivity index (χ3n) is 3.77. The quantitative estimate of drug-likeness (QED) is 0.721. The molecule has 1 aromatic rings.